The van der Waals surface area contributed by atoms with Gasteiger partial charge < -0.3 is 15.2 Å². The summed E-state index contributed by atoms with van der Waals surface area (Å²) in [7, 11) is 1.63. The minimum absolute atomic E-state index is 0.0673. The first-order chi connectivity index (χ1) is 9.17. The third-order valence-electron chi connectivity index (χ3n) is 3.13. The van der Waals surface area contributed by atoms with Crippen LogP contribution in [0.25, 0.3) is 0 Å². The lowest BCUT2D eigenvalue weighted by molar-refractivity contribution is 0.160. The molecule has 1 aliphatic rings. The molecule has 1 aromatic carbocycles. The van der Waals surface area contributed by atoms with Crippen LogP contribution in [-0.2, 0) is 0 Å². The predicted octanol–water partition coefficient (Wildman–Crippen LogP) is 3.33. The molecule has 0 fully saturated rings. The molecule has 2 N–H and O–H groups in total. The molecule has 0 spiro atoms. The number of hydrogen-bond donors (Lipinski definition) is 1. The molecule has 3 rings (SSSR count). The van der Waals surface area contributed by atoms with Gasteiger partial charge in [0.05, 0.1) is 13.3 Å². The standard InChI is InChI=1S/C13H13ClN2O2S/c1-17-7-2-3-8-9(15)5-11(18-10(8)4-7)13-16-6-12(14)19-13/h2-4,6,9,11H,5,15H2,1H3. The van der Waals surface area contributed by atoms with Crippen LogP contribution in [0, 0.1) is 0 Å². The molecule has 0 amide bonds. The summed E-state index contributed by atoms with van der Waals surface area (Å²) in [6, 6.07) is 5.63. The highest BCUT2D eigenvalue weighted by Gasteiger charge is 2.29. The van der Waals surface area contributed by atoms with Gasteiger partial charge in [0, 0.05) is 24.1 Å². The van der Waals surface area contributed by atoms with Crippen LogP contribution in [-0.4, -0.2) is 12.1 Å². The van der Waals surface area contributed by atoms with Crippen molar-refractivity contribution in [3.05, 3.63) is 39.3 Å². The molecule has 0 saturated heterocycles. The molecule has 6 heteroatoms. The summed E-state index contributed by atoms with van der Waals surface area (Å²) in [6.07, 6.45) is 2.19. The number of aromatic nitrogens is 1. The van der Waals surface area contributed by atoms with Crippen LogP contribution in [0.3, 0.4) is 0 Å². The Hall–Kier alpha value is -1.30. The lowest BCUT2D eigenvalue weighted by Gasteiger charge is -2.29. The van der Waals surface area contributed by atoms with E-state index in [1.54, 1.807) is 13.3 Å². The summed E-state index contributed by atoms with van der Waals surface area (Å²) in [5, 5.41) is 0.855. The fraction of sp³-hybridized carbons (Fsp3) is 0.308. The van der Waals surface area contributed by atoms with Gasteiger partial charge in [-0.15, -0.1) is 11.3 Å². The van der Waals surface area contributed by atoms with Crippen molar-refractivity contribution >= 4 is 22.9 Å². The number of nitrogens with two attached hydrogens (primary N) is 1. The van der Waals surface area contributed by atoms with Gasteiger partial charge in [-0.3, -0.25) is 0 Å². The number of benzene rings is 1. The molecule has 1 aromatic heterocycles. The quantitative estimate of drug-likeness (QED) is 0.923. The molecule has 1 aliphatic heterocycles. The molecule has 0 bridgehead atoms. The zero-order chi connectivity index (χ0) is 13.4. The number of thiazole rings is 1. The highest BCUT2D eigenvalue weighted by atomic mass is 35.5. The molecule has 4 nitrogen and oxygen atoms in total. The Labute approximate surface area is 120 Å². The lowest BCUT2D eigenvalue weighted by Crippen LogP contribution is -2.24. The van der Waals surface area contributed by atoms with E-state index in [0.717, 1.165) is 22.1 Å². The van der Waals surface area contributed by atoms with Gasteiger partial charge in [-0.05, 0) is 6.07 Å². The van der Waals surface area contributed by atoms with Crippen molar-refractivity contribution in [1.29, 1.82) is 0 Å². The Morgan fingerprint density at radius 2 is 2.37 bits per heavy atom. The van der Waals surface area contributed by atoms with Crippen LogP contribution in [0.1, 0.15) is 29.1 Å². The van der Waals surface area contributed by atoms with Gasteiger partial charge in [-0.2, -0.15) is 0 Å². The average molecular weight is 297 g/mol. The van der Waals surface area contributed by atoms with Crippen molar-refractivity contribution in [2.45, 2.75) is 18.6 Å². The van der Waals surface area contributed by atoms with Crippen LogP contribution < -0.4 is 15.2 Å². The molecule has 0 aliphatic carbocycles. The lowest BCUT2D eigenvalue weighted by atomic mass is 9.97. The van der Waals surface area contributed by atoms with Crippen molar-refractivity contribution in [3.8, 4) is 11.5 Å². The fourth-order valence-electron chi connectivity index (χ4n) is 2.18. The molecule has 2 aromatic rings. The van der Waals surface area contributed by atoms with Crippen LogP contribution in [0.2, 0.25) is 4.34 Å². The number of ether oxygens (including phenoxy) is 2. The largest absolute Gasteiger partial charge is 0.497 e. The SMILES string of the molecule is COc1ccc2c(c1)OC(c1ncc(Cl)s1)CC2N. The van der Waals surface area contributed by atoms with Gasteiger partial charge in [0.2, 0.25) is 0 Å². The van der Waals surface area contributed by atoms with Gasteiger partial charge in [0.15, 0.2) is 6.10 Å². The summed E-state index contributed by atoms with van der Waals surface area (Å²) in [5.41, 5.74) is 7.20. The maximum absolute atomic E-state index is 6.20. The minimum atomic E-state index is -0.146. The number of methoxy groups -OCH3 is 1. The Bertz CT molecular complexity index is 602. The number of nitrogens with zero attached hydrogens (tertiary/aromatic N) is 1. The third kappa shape index (κ3) is 2.41. The molecule has 0 saturated carbocycles. The second-order valence-electron chi connectivity index (χ2n) is 4.36. The first kappa shape index (κ1) is 12.7. The van der Waals surface area contributed by atoms with E-state index in [-0.39, 0.29) is 12.1 Å². The average Bonchev–Trinajstić information content (AvgIpc) is 2.84. The first-order valence-electron chi connectivity index (χ1n) is 5.89. The molecular weight excluding hydrogens is 284 g/mol. The third-order valence-corrected chi connectivity index (χ3v) is 4.34. The molecule has 2 atom stereocenters. The van der Waals surface area contributed by atoms with Gasteiger partial charge in [0.1, 0.15) is 20.8 Å². The van der Waals surface area contributed by atoms with Crippen molar-refractivity contribution in [2.24, 2.45) is 5.73 Å². The van der Waals surface area contributed by atoms with Gasteiger partial charge in [0.25, 0.3) is 0 Å². The van der Waals surface area contributed by atoms with Crippen molar-refractivity contribution in [3.63, 3.8) is 0 Å². The number of rotatable bonds is 2. The summed E-state index contributed by atoms with van der Waals surface area (Å²) in [5.74, 6) is 1.51. The monoisotopic (exact) mass is 296 g/mol. The Kier molecular flexibility index (Phi) is 3.35. The first-order valence-corrected chi connectivity index (χ1v) is 7.08. The minimum Gasteiger partial charge on any atom is -0.497 e. The summed E-state index contributed by atoms with van der Waals surface area (Å²) in [4.78, 5) is 4.26. The number of hydrogen-bond acceptors (Lipinski definition) is 5. The highest BCUT2D eigenvalue weighted by molar-refractivity contribution is 7.15. The van der Waals surface area contributed by atoms with E-state index in [2.05, 4.69) is 4.98 Å². The van der Waals surface area contributed by atoms with E-state index in [1.807, 2.05) is 18.2 Å². The predicted molar refractivity (Wildman–Crippen MR) is 75.0 cm³/mol. The number of fused-ring (bicyclic) bond motifs is 1. The Morgan fingerprint density at radius 1 is 1.53 bits per heavy atom. The summed E-state index contributed by atoms with van der Waals surface area (Å²) >= 11 is 7.34. The topological polar surface area (TPSA) is 57.4 Å². The van der Waals surface area contributed by atoms with Crippen LogP contribution in [0.4, 0.5) is 0 Å². The van der Waals surface area contributed by atoms with Crippen molar-refractivity contribution in [1.82, 2.24) is 4.98 Å². The smallest absolute Gasteiger partial charge is 0.152 e. The van der Waals surface area contributed by atoms with E-state index >= 15 is 0 Å². The summed E-state index contributed by atoms with van der Waals surface area (Å²) < 4.78 is 11.8. The molecule has 0 radical (unpaired) electrons. The van der Waals surface area contributed by atoms with Crippen molar-refractivity contribution < 1.29 is 9.47 Å². The molecular formula is C13H13ClN2O2S. The zero-order valence-corrected chi connectivity index (χ0v) is 11.9. The van der Waals surface area contributed by atoms with E-state index in [4.69, 9.17) is 26.8 Å². The highest BCUT2D eigenvalue weighted by Crippen LogP contribution is 2.42. The second-order valence-corrected chi connectivity index (χ2v) is 6.05. The molecule has 19 heavy (non-hydrogen) atoms. The Balaban J connectivity index is 1.93. The maximum atomic E-state index is 6.20. The van der Waals surface area contributed by atoms with Crippen LogP contribution in [0.15, 0.2) is 24.4 Å². The van der Waals surface area contributed by atoms with E-state index in [9.17, 15) is 0 Å². The van der Waals surface area contributed by atoms with Gasteiger partial charge >= 0.3 is 0 Å². The maximum Gasteiger partial charge on any atom is 0.152 e. The molecule has 2 unspecified atom stereocenters. The van der Waals surface area contributed by atoms with Gasteiger partial charge in [-0.1, -0.05) is 17.7 Å². The molecule has 2 heterocycles. The molecule has 100 valence electrons. The second kappa shape index (κ2) is 5.00. The van der Waals surface area contributed by atoms with E-state index in [0.29, 0.717) is 10.8 Å². The van der Waals surface area contributed by atoms with E-state index in [1.165, 1.54) is 11.3 Å². The normalized spacial score (nSPS) is 21.6. The van der Waals surface area contributed by atoms with Crippen LogP contribution in [0.5, 0.6) is 11.5 Å². The number of halogens is 1. The summed E-state index contributed by atoms with van der Waals surface area (Å²) in [6.45, 7) is 0. The van der Waals surface area contributed by atoms with Crippen LogP contribution >= 0.6 is 22.9 Å². The zero-order valence-electron chi connectivity index (χ0n) is 10.3. The Morgan fingerprint density at radius 3 is 3.05 bits per heavy atom. The van der Waals surface area contributed by atoms with E-state index < -0.39 is 0 Å². The van der Waals surface area contributed by atoms with Crippen molar-refractivity contribution in [2.75, 3.05) is 7.11 Å². The fourth-order valence-corrected chi connectivity index (χ4v) is 3.15. The van der Waals surface area contributed by atoms with Gasteiger partial charge in [-0.25, -0.2) is 4.98 Å².